The quantitative estimate of drug-likeness (QED) is 0.538. The van der Waals surface area contributed by atoms with Crippen molar-refractivity contribution in [1.29, 1.82) is 0 Å². The SMILES string of the molecule is Nc1ncnc2c1nc(Sc1ccc3c(c1)OCO3)n2CCc1ccc(F)cc1. The number of ether oxygens (including phenoxy) is 2. The van der Waals surface area contributed by atoms with Gasteiger partial charge < -0.3 is 19.8 Å². The lowest BCUT2D eigenvalue weighted by atomic mass is 10.1. The third-order valence-corrected chi connectivity index (χ3v) is 5.60. The number of imidazole rings is 1. The highest BCUT2D eigenvalue weighted by atomic mass is 32.2. The molecule has 5 rings (SSSR count). The Bertz CT molecular complexity index is 1200. The molecule has 0 spiro atoms. The maximum Gasteiger partial charge on any atom is 0.231 e. The second-order valence-corrected chi connectivity index (χ2v) is 7.51. The number of rotatable bonds is 5. The molecule has 2 aromatic carbocycles. The Hall–Kier alpha value is -3.33. The predicted octanol–water partition coefficient (Wildman–Crippen LogP) is 3.67. The summed E-state index contributed by atoms with van der Waals surface area (Å²) < 4.78 is 26.0. The number of benzene rings is 2. The van der Waals surface area contributed by atoms with E-state index in [0.29, 0.717) is 35.7 Å². The Morgan fingerprint density at radius 3 is 2.76 bits per heavy atom. The van der Waals surface area contributed by atoms with E-state index >= 15 is 0 Å². The molecule has 0 atom stereocenters. The molecule has 3 heterocycles. The molecular formula is C20H16FN5O2S. The number of nitrogens with two attached hydrogens (primary N) is 1. The largest absolute Gasteiger partial charge is 0.454 e. The molecule has 1 aliphatic rings. The summed E-state index contributed by atoms with van der Waals surface area (Å²) in [6, 6.07) is 12.2. The van der Waals surface area contributed by atoms with Crippen LogP contribution in [0.5, 0.6) is 11.5 Å². The van der Waals surface area contributed by atoms with Crippen molar-refractivity contribution in [2.45, 2.75) is 23.0 Å². The molecule has 1 aliphatic heterocycles. The minimum Gasteiger partial charge on any atom is -0.454 e. The van der Waals surface area contributed by atoms with Gasteiger partial charge in [0.25, 0.3) is 0 Å². The van der Waals surface area contributed by atoms with Crippen molar-refractivity contribution in [3.8, 4) is 11.5 Å². The molecule has 0 aliphatic carbocycles. The van der Waals surface area contributed by atoms with E-state index in [1.54, 1.807) is 12.1 Å². The summed E-state index contributed by atoms with van der Waals surface area (Å²) in [4.78, 5) is 14.1. The number of hydrogen-bond donors (Lipinski definition) is 1. The van der Waals surface area contributed by atoms with Gasteiger partial charge in [-0.2, -0.15) is 0 Å². The molecule has 2 N–H and O–H groups in total. The van der Waals surface area contributed by atoms with Gasteiger partial charge in [-0.05, 0) is 42.3 Å². The second kappa shape index (κ2) is 7.25. The van der Waals surface area contributed by atoms with Gasteiger partial charge in [0.05, 0.1) is 0 Å². The molecule has 0 amide bonds. The average molecular weight is 409 g/mol. The Balaban J connectivity index is 1.49. The molecule has 0 radical (unpaired) electrons. The highest BCUT2D eigenvalue weighted by Crippen LogP contribution is 2.38. The van der Waals surface area contributed by atoms with Gasteiger partial charge in [-0.1, -0.05) is 23.9 Å². The van der Waals surface area contributed by atoms with E-state index in [1.807, 2.05) is 22.8 Å². The number of anilines is 1. The van der Waals surface area contributed by atoms with E-state index in [4.69, 9.17) is 15.2 Å². The molecule has 0 fully saturated rings. The zero-order valence-corrected chi connectivity index (χ0v) is 16.0. The van der Waals surface area contributed by atoms with Gasteiger partial charge in [-0.25, -0.2) is 19.3 Å². The van der Waals surface area contributed by atoms with Crippen molar-refractivity contribution in [1.82, 2.24) is 19.5 Å². The van der Waals surface area contributed by atoms with Crippen LogP contribution in [-0.4, -0.2) is 26.3 Å². The van der Waals surface area contributed by atoms with Gasteiger partial charge in [0.2, 0.25) is 6.79 Å². The Morgan fingerprint density at radius 1 is 1.07 bits per heavy atom. The maximum atomic E-state index is 13.2. The Kier molecular flexibility index (Phi) is 4.44. The lowest BCUT2D eigenvalue weighted by Crippen LogP contribution is -2.04. The molecule has 0 saturated carbocycles. The van der Waals surface area contributed by atoms with Crippen LogP contribution >= 0.6 is 11.8 Å². The van der Waals surface area contributed by atoms with Crippen LogP contribution in [0.25, 0.3) is 11.2 Å². The van der Waals surface area contributed by atoms with Crippen molar-refractivity contribution < 1.29 is 13.9 Å². The van der Waals surface area contributed by atoms with Crippen molar-refractivity contribution in [3.63, 3.8) is 0 Å². The summed E-state index contributed by atoms with van der Waals surface area (Å²) >= 11 is 1.49. The van der Waals surface area contributed by atoms with Crippen LogP contribution in [0.3, 0.4) is 0 Å². The fourth-order valence-electron chi connectivity index (χ4n) is 3.15. The van der Waals surface area contributed by atoms with Crippen molar-refractivity contribution >= 4 is 28.7 Å². The molecule has 146 valence electrons. The Labute approximate surface area is 169 Å². The second-order valence-electron chi connectivity index (χ2n) is 6.47. The van der Waals surface area contributed by atoms with Crippen molar-refractivity contribution in [2.24, 2.45) is 0 Å². The van der Waals surface area contributed by atoms with E-state index < -0.39 is 0 Å². The standard InChI is InChI=1S/C20H16FN5O2S/c21-13-3-1-12(2-4-13)7-8-26-19-17(18(22)23-10-24-19)25-20(26)29-14-5-6-15-16(9-14)28-11-27-15/h1-6,9-10H,7-8,11H2,(H2,22,23,24). The summed E-state index contributed by atoms with van der Waals surface area (Å²) in [5, 5.41) is 0.744. The third-order valence-electron chi connectivity index (χ3n) is 4.62. The first-order valence-electron chi connectivity index (χ1n) is 8.96. The number of nitrogens with zero attached hydrogens (tertiary/aromatic N) is 4. The number of halogens is 1. The van der Waals surface area contributed by atoms with Crippen molar-refractivity contribution in [3.05, 3.63) is 60.2 Å². The van der Waals surface area contributed by atoms with Crippen LogP contribution in [-0.2, 0) is 13.0 Å². The fourth-order valence-corrected chi connectivity index (χ4v) is 4.09. The topological polar surface area (TPSA) is 88.1 Å². The zero-order chi connectivity index (χ0) is 19.8. The molecule has 0 unspecified atom stereocenters. The van der Waals surface area contributed by atoms with Crippen LogP contribution in [0.1, 0.15) is 5.56 Å². The summed E-state index contributed by atoms with van der Waals surface area (Å²) in [5.41, 5.74) is 8.27. The van der Waals surface area contributed by atoms with E-state index in [2.05, 4.69) is 15.0 Å². The van der Waals surface area contributed by atoms with Gasteiger partial charge in [-0.3, -0.25) is 0 Å². The first-order chi connectivity index (χ1) is 14.2. The first kappa shape index (κ1) is 17.7. The summed E-state index contributed by atoms with van der Waals surface area (Å²) in [6.07, 6.45) is 2.13. The molecule has 2 aromatic heterocycles. The smallest absolute Gasteiger partial charge is 0.231 e. The molecule has 0 bridgehead atoms. The third kappa shape index (κ3) is 3.44. The lowest BCUT2D eigenvalue weighted by molar-refractivity contribution is 0.174. The van der Waals surface area contributed by atoms with E-state index in [0.717, 1.165) is 21.4 Å². The number of aryl methyl sites for hydroxylation is 2. The summed E-state index contributed by atoms with van der Waals surface area (Å²) in [6.45, 7) is 0.844. The maximum absolute atomic E-state index is 13.2. The summed E-state index contributed by atoms with van der Waals surface area (Å²) in [5.74, 6) is 1.53. The van der Waals surface area contributed by atoms with Crippen LogP contribution in [0, 0.1) is 5.82 Å². The molecule has 9 heteroatoms. The van der Waals surface area contributed by atoms with Crippen LogP contribution in [0.15, 0.2) is 58.8 Å². The first-order valence-corrected chi connectivity index (χ1v) is 9.78. The number of fused-ring (bicyclic) bond motifs is 2. The lowest BCUT2D eigenvalue weighted by Gasteiger charge is -2.09. The average Bonchev–Trinajstić information content (AvgIpc) is 3.32. The monoisotopic (exact) mass is 409 g/mol. The van der Waals surface area contributed by atoms with E-state index in [-0.39, 0.29) is 12.6 Å². The molecule has 29 heavy (non-hydrogen) atoms. The number of nitrogen functional groups attached to an aromatic ring is 1. The molecule has 4 aromatic rings. The fraction of sp³-hybridized carbons (Fsp3) is 0.150. The molecule has 7 nitrogen and oxygen atoms in total. The van der Waals surface area contributed by atoms with Crippen LogP contribution in [0.2, 0.25) is 0 Å². The van der Waals surface area contributed by atoms with Gasteiger partial charge in [-0.15, -0.1) is 0 Å². The van der Waals surface area contributed by atoms with Crippen LogP contribution in [0.4, 0.5) is 10.2 Å². The Morgan fingerprint density at radius 2 is 1.90 bits per heavy atom. The van der Waals surface area contributed by atoms with Gasteiger partial charge in [0.1, 0.15) is 12.1 Å². The predicted molar refractivity (Wildman–Crippen MR) is 107 cm³/mol. The number of hydrogen-bond acceptors (Lipinski definition) is 7. The summed E-state index contributed by atoms with van der Waals surface area (Å²) in [7, 11) is 0. The van der Waals surface area contributed by atoms with Gasteiger partial charge in [0, 0.05) is 11.4 Å². The zero-order valence-electron chi connectivity index (χ0n) is 15.2. The normalized spacial score (nSPS) is 12.6. The highest BCUT2D eigenvalue weighted by Gasteiger charge is 2.18. The molecular weight excluding hydrogens is 393 g/mol. The van der Waals surface area contributed by atoms with Crippen LogP contribution < -0.4 is 15.2 Å². The highest BCUT2D eigenvalue weighted by molar-refractivity contribution is 7.99. The van der Waals surface area contributed by atoms with Gasteiger partial charge in [0.15, 0.2) is 33.6 Å². The van der Waals surface area contributed by atoms with E-state index in [9.17, 15) is 4.39 Å². The minimum atomic E-state index is -0.249. The van der Waals surface area contributed by atoms with Crippen molar-refractivity contribution in [2.75, 3.05) is 12.5 Å². The number of aromatic nitrogens is 4. The molecule has 0 saturated heterocycles. The minimum absolute atomic E-state index is 0.228. The van der Waals surface area contributed by atoms with E-state index in [1.165, 1.54) is 30.2 Å². The van der Waals surface area contributed by atoms with Gasteiger partial charge >= 0.3 is 0 Å².